The van der Waals surface area contributed by atoms with Crippen LogP contribution in [-0.4, -0.2) is 82.0 Å². The molecule has 0 spiro atoms. The number of hydrogen-bond acceptors (Lipinski definition) is 6. The molecule has 4 heterocycles. The molecule has 1 amide bonds. The predicted octanol–water partition coefficient (Wildman–Crippen LogP) is 1.59. The van der Waals surface area contributed by atoms with Crippen LogP contribution < -0.4 is 4.90 Å². The summed E-state index contributed by atoms with van der Waals surface area (Å²) in [5, 5.41) is 13.5. The molecule has 0 aromatic carbocycles. The molecule has 2 fully saturated rings. The van der Waals surface area contributed by atoms with Crippen molar-refractivity contribution in [3.63, 3.8) is 0 Å². The van der Waals surface area contributed by atoms with E-state index in [-0.39, 0.29) is 5.91 Å². The molecule has 0 radical (unpaired) electrons. The van der Waals surface area contributed by atoms with E-state index in [9.17, 15) is 4.79 Å². The SMILES string of the molecule is Cc1nn(-c2ccc(N3CCCC3)nn2)c(C)c1CCC(=O)N1CCN(C)CC1. The van der Waals surface area contributed by atoms with E-state index >= 15 is 0 Å². The Morgan fingerprint density at radius 1 is 0.966 bits per heavy atom. The third-order valence-corrected chi connectivity index (χ3v) is 6.17. The first-order valence-electron chi connectivity index (χ1n) is 10.6. The lowest BCUT2D eigenvalue weighted by molar-refractivity contribution is -0.132. The Balaban J connectivity index is 1.43. The number of piperazine rings is 1. The second-order valence-corrected chi connectivity index (χ2v) is 8.19. The molecule has 0 bridgehead atoms. The molecule has 0 atom stereocenters. The third kappa shape index (κ3) is 4.27. The monoisotopic (exact) mass is 397 g/mol. The first kappa shape index (κ1) is 19.8. The molecule has 2 aliphatic heterocycles. The molecule has 0 aliphatic carbocycles. The number of hydrogen-bond donors (Lipinski definition) is 0. The van der Waals surface area contributed by atoms with Crippen molar-refractivity contribution < 1.29 is 4.79 Å². The topological polar surface area (TPSA) is 70.4 Å². The molecule has 4 rings (SSSR count). The molecule has 2 aromatic rings. The second-order valence-electron chi connectivity index (χ2n) is 8.19. The zero-order chi connectivity index (χ0) is 20.4. The van der Waals surface area contributed by atoms with E-state index in [2.05, 4.69) is 32.1 Å². The minimum Gasteiger partial charge on any atom is -0.355 e. The normalized spacial score (nSPS) is 17.9. The number of likely N-dealkylation sites (N-methyl/N-ethyl adjacent to an activating group) is 1. The summed E-state index contributed by atoms with van der Waals surface area (Å²) in [6.45, 7) is 9.72. The van der Waals surface area contributed by atoms with Crippen molar-refractivity contribution in [2.24, 2.45) is 0 Å². The van der Waals surface area contributed by atoms with Gasteiger partial charge in [-0.1, -0.05) is 0 Å². The van der Waals surface area contributed by atoms with Gasteiger partial charge in [-0.15, -0.1) is 10.2 Å². The predicted molar refractivity (Wildman–Crippen MR) is 112 cm³/mol. The highest BCUT2D eigenvalue weighted by atomic mass is 16.2. The van der Waals surface area contributed by atoms with Gasteiger partial charge in [0.05, 0.1) is 5.69 Å². The summed E-state index contributed by atoms with van der Waals surface area (Å²) >= 11 is 0. The fourth-order valence-corrected chi connectivity index (χ4v) is 4.25. The van der Waals surface area contributed by atoms with Crippen molar-refractivity contribution in [1.29, 1.82) is 0 Å². The molecule has 0 unspecified atom stereocenters. The van der Waals surface area contributed by atoms with E-state index in [0.29, 0.717) is 12.8 Å². The highest BCUT2D eigenvalue weighted by Gasteiger charge is 2.21. The summed E-state index contributed by atoms with van der Waals surface area (Å²) in [5.41, 5.74) is 3.13. The Bertz CT molecular complexity index is 847. The van der Waals surface area contributed by atoms with Crippen molar-refractivity contribution in [3.05, 3.63) is 29.1 Å². The van der Waals surface area contributed by atoms with Crippen molar-refractivity contribution in [2.45, 2.75) is 39.5 Å². The van der Waals surface area contributed by atoms with Gasteiger partial charge >= 0.3 is 0 Å². The van der Waals surface area contributed by atoms with Crippen LogP contribution >= 0.6 is 0 Å². The largest absolute Gasteiger partial charge is 0.355 e. The van der Waals surface area contributed by atoms with Crippen LogP contribution in [0.25, 0.3) is 5.82 Å². The van der Waals surface area contributed by atoms with Gasteiger partial charge in [-0.05, 0) is 57.9 Å². The molecule has 2 saturated heterocycles. The molecule has 29 heavy (non-hydrogen) atoms. The van der Waals surface area contributed by atoms with Crippen LogP contribution in [0.4, 0.5) is 5.82 Å². The lowest BCUT2D eigenvalue weighted by Crippen LogP contribution is -2.47. The smallest absolute Gasteiger partial charge is 0.222 e. The molecule has 2 aromatic heterocycles. The average Bonchev–Trinajstić information content (AvgIpc) is 3.36. The Labute approximate surface area is 172 Å². The highest BCUT2D eigenvalue weighted by molar-refractivity contribution is 5.76. The van der Waals surface area contributed by atoms with Gasteiger partial charge in [0.1, 0.15) is 0 Å². The van der Waals surface area contributed by atoms with Crippen LogP contribution in [0.3, 0.4) is 0 Å². The quantitative estimate of drug-likeness (QED) is 0.763. The second kappa shape index (κ2) is 8.49. The summed E-state index contributed by atoms with van der Waals surface area (Å²) in [6.07, 6.45) is 3.67. The number of nitrogens with zero attached hydrogens (tertiary/aromatic N) is 7. The standard InChI is InChI=1S/C21H31N7O/c1-16-18(6-9-21(29)27-14-12-25(3)13-15-27)17(2)28(24-16)20-8-7-19(22-23-20)26-10-4-5-11-26/h7-8H,4-6,9-15H2,1-3H3. The highest BCUT2D eigenvalue weighted by Crippen LogP contribution is 2.21. The molecular formula is C21H31N7O. The van der Waals surface area contributed by atoms with Gasteiger partial charge in [-0.3, -0.25) is 4.79 Å². The molecule has 0 N–H and O–H groups in total. The van der Waals surface area contributed by atoms with E-state index < -0.39 is 0 Å². The number of carbonyl (C=O) groups is 1. The number of amides is 1. The van der Waals surface area contributed by atoms with Gasteiger partial charge in [0.2, 0.25) is 5.91 Å². The Morgan fingerprint density at radius 3 is 2.28 bits per heavy atom. The number of carbonyl (C=O) groups excluding carboxylic acids is 1. The van der Waals surface area contributed by atoms with E-state index in [1.807, 2.05) is 35.6 Å². The maximum absolute atomic E-state index is 12.6. The molecule has 0 saturated carbocycles. The van der Waals surface area contributed by atoms with E-state index in [1.165, 1.54) is 12.8 Å². The van der Waals surface area contributed by atoms with Crippen LogP contribution in [0.15, 0.2) is 12.1 Å². The van der Waals surface area contributed by atoms with Crippen molar-refractivity contribution in [3.8, 4) is 5.82 Å². The Morgan fingerprint density at radius 2 is 1.62 bits per heavy atom. The first-order chi connectivity index (χ1) is 14.0. The zero-order valence-electron chi connectivity index (χ0n) is 17.8. The van der Waals surface area contributed by atoms with Gasteiger partial charge in [0.25, 0.3) is 0 Å². The maximum atomic E-state index is 12.6. The first-order valence-corrected chi connectivity index (χ1v) is 10.6. The fourth-order valence-electron chi connectivity index (χ4n) is 4.25. The van der Waals surface area contributed by atoms with Crippen LogP contribution in [0, 0.1) is 13.8 Å². The Kier molecular flexibility index (Phi) is 5.80. The summed E-state index contributed by atoms with van der Waals surface area (Å²) in [7, 11) is 2.10. The number of aryl methyl sites for hydroxylation is 1. The number of aromatic nitrogens is 4. The lowest BCUT2D eigenvalue weighted by Gasteiger charge is -2.32. The van der Waals surface area contributed by atoms with Crippen LogP contribution in [0.1, 0.15) is 36.2 Å². The molecular weight excluding hydrogens is 366 g/mol. The van der Waals surface area contributed by atoms with E-state index in [1.54, 1.807) is 0 Å². The van der Waals surface area contributed by atoms with Crippen LogP contribution in [-0.2, 0) is 11.2 Å². The van der Waals surface area contributed by atoms with Crippen molar-refractivity contribution in [2.75, 3.05) is 51.2 Å². The molecule has 2 aliphatic rings. The Hall–Kier alpha value is -2.48. The minimum absolute atomic E-state index is 0.236. The minimum atomic E-state index is 0.236. The van der Waals surface area contributed by atoms with Gasteiger partial charge in [0.15, 0.2) is 11.6 Å². The summed E-state index contributed by atoms with van der Waals surface area (Å²) < 4.78 is 1.85. The molecule has 156 valence electrons. The van der Waals surface area contributed by atoms with Crippen molar-refractivity contribution in [1.82, 2.24) is 29.8 Å². The molecule has 8 heteroatoms. The summed E-state index contributed by atoms with van der Waals surface area (Å²) in [6, 6.07) is 4.01. The van der Waals surface area contributed by atoms with Crippen LogP contribution in [0.5, 0.6) is 0 Å². The fraction of sp³-hybridized carbons (Fsp3) is 0.619. The maximum Gasteiger partial charge on any atom is 0.222 e. The number of anilines is 1. The molecule has 8 nitrogen and oxygen atoms in total. The average molecular weight is 398 g/mol. The van der Waals surface area contributed by atoms with Gasteiger partial charge in [-0.2, -0.15) is 5.10 Å². The van der Waals surface area contributed by atoms with Crippen LogP contribution in [0.2, 0.25) is 0 Å². The van der Waals surface area contributed by atoms with Gasteiger partial charge in [0, 0.05) is 51.4 Å². The number of rotatable bonds is 5. The van der Waals surface area contributed by atoms with Crippen molar-refractivity contribution >= 4 is 11.7 Å². The zero-order valence-corrected chi connectivity index (χ0v) is 17.8. The van der Waals surface area contributed by atoms with Gasteiger partial charge < -0.3 is 14.7 Å². The lowest BCUT2D eigenvalue weighted by atomic mass is 10.1. The van der Waals surface area contributed by atoms with E-state index in [4.69, 9.17) is 0 Å². The third-order valence-electron chi connectivity index (χ3n) is 6.17. The summed E-state index contributed by atoms with van der Waals surface area (Å²) in [4.78, 5) is 19.1. The summed E-state index contributed by atoms with van der Waals surface area (Å²) in [5.74, 6) is 1.90. The van der Waals surface area contributed by atoms with Gasteiger partial charge in [-0.25, -0.2) is 4.68 Å². The van der Waals surface area contributed by atoms with E-state index in [0.717, 1.165) is 67.9 Å².